The molecule has 0 aliphatic carbocycles. The van der Waals surface area contributed by atoms with Gasteiger partial charge in [-0.25, -0.2) is 4.98 Å². The smallest absolute Gasteiger partial charge is 0.229 e. The van der Waals surface area contributed by atoms with E-state index < -0.39 is 0 Å². The first-order chi connectivity index (χ1) is 13.1. The first-order valence-corrected chi connectivity index (χ1v) is 8.85. The number of methoxy groups -OCH3 is 1. The van der Waals surface area contributed by atoms with E-state index in [1.54, 1.807) is 7.11 Å². The van der Waals surface area contributed by atoms with Crippen LogP contribution in [0.2, 0.25) is 0 Å². The highest BCUT2D eigenvalue weighted by Gasteiger charge is 2.09. The molecule has 0 radical (unpaired) electrons. The van der Waals surface area contributed by atoms with Gasteiger partial charge in [0.15, 0.2) is 0 Å². The lowest BCUT2D eigenvalue weighted by Crippen LogP contribution is -2.04. The zero-order chi connectivity index (χ0) is 19.2. The number of ether oxygens (including phenoxy) is 2. The summed E-state index contributed by atoms with van der Waals surface area (Å²) in [5, 5.41) is 6.57. The number of rotatable bonds is 7. The Labute approximate surface area is 159 Å². The quantitative estimate of drug-likeness (QED) is 0.616. The standard InChI is InChI=1S/C21H24N4O2/c1-5-27-19-9-7-6-8-16(19)24-21-22-15(3)13-20(25-21)23-17-12-14(2)10-11-18(17)26-4/h6-13H,5H2,1-4H3,(H2,22,23,24,25). The van der Waals surface area contributed by atoms with Crippen LogP contribution in [0.15, 0.2) is 48.5 Å². The third-order valence-corrected chi connectivity index (χ3v) is 3.91. The van der Waals surface area contributed by atoms with Crippen LogP contribution < -0.4 is 20.1 Å². The lowest BCUT2D eigenvalue weighted by Gasteiger charge is -2.14. The summed E-state index contributed by atoms with van der Waals surface area (Å²) in [5.41, 5.74) is 3.66. The molecule has 27 heavy (non-hydrogen) atoms. The van der Waals surface area contributed by atoms with E-state index in [4.69, 9.17) is 9.47 Å². The van der Waals surface area contributed by atoms with E-state index in [0.29, 0.717) is 18.4 Å². The maximum Gasteiger partial charge on any atom is 0.229 e. The number of nitrogens with one attached hydrogen (secondary N) is 2. The van der Waals surface area contributed by atoms with Gasteiger partial charge in [0.05, 0.1) is 25.1 Å². The fourth-order valence-corrected chi connectivity index (χ4v) is 2.72. The average Bonchev–Trinajstić information content (AvgIpc) is 2.63. The van der Waals surface area contributed by atoms with E-state index in [1.807, 2.05) is 69.3 Å². The molecule has 0 bridgehead atoms. The molecule has 140 valence electrons. The molecule has 3 aromatic rings. The Hall–Kier alpha value is -3.28. The summed E-state index contributed by atoms with van der Waals surface area (Å²) >= 11 is 0. The van der Waals surface area contributed by atoms with E-state index in [-0.39, 0.29) is 0 Å². The van der Waals surface area contributed by atoms with Gasteiger partial charge in [-0.15, -0.1) is 0 Å². The Morgan fingerprint density at radius 3 is 2.48 bits per heavy atom. The summed E-state index contributed by atoms with van der Waals surface area (Å²) in [6.45, 7) is 6.51. The van der Waals surface area contributed by atoms with Gasteiger partial charge in [0, 0.05) is 11.8 Å². The van der Waals surface area contributed by atoms with Crippen LogP contribution in [0, 0.1) is 13.8 Å². The normalized spacial score (nSPS) is 10.4. The van der Waals surface area contributed by atoms with Gasteiger partial charge in [-0.05, 0) is 50.6 Å². The van der Waals surface area contributed by atoms with Crippen molar-refractivity contribution >= 4 is 23.1 Å². The Morgan fingerprint density at radius 2 is 1.70 bits per heavy atom. The average molecular weight is 364 g/mol. The molecule has 2 aromatic carbocycles. The topological polar surface area (TPSA) is 68.3 Å². The van der Waals surface area contributed by atoms with Crippen molar-refractivity contribution in [1.82, 2.24) is 9.97 Å². The number of hydrogen-bond acceptors (Lipinski definition) is 6. The molecule has 6 nitrogen and oxygen atoms in total. The largest absolute Gasteiger partial charge is 0.495 e. The molecule has 1 aromatic heterocycles. The molecular formula is C21H24N4O2. The molecule has 0 saturated heterocycles. The summed E-state index contributed by atoms with van der Waals surface area (Å²) in [6, 6.07) is 15.6. The van der Waals surface area contributed by atoms with Crippen LogP contribution in [0.4, 0.5) is 23.1 Å². The molecule has 0 atom stereocenters. The molecule has 0 aliphatic heterocycles. The molecule has 3 rings (SSSR count). The predicted octanol–water partition coefficient (Wildman–Crippen LogP) is 4.99. The van der Waals surface area contributed by atoms with Gasteiger partial charge in [-0.2, -0.15) is 4.98 Å². The molecule has 0 fully saturated rings. The van der Waals surface area contributed by atoms with Crippen molar-refractivity contribution < 1.29 is 9.47 Å². The molecular weight excluding hydrogens is 340 g/mol. The fraction of sp³-hybridized carbons (Fsp3) is 0.238. The van der Waals surface area contributed by atoms with Crippen LogP contribution in [0.25, 0.3) is 0 Å². The van der Waals surface area contributed by atoms with Crippen LogP contribution in [0.3, 0.4) is 0 Å². The van der Waals surface area contributed by atoms with Gasteiger partial charge in [-0.1, -0.05) is 18.2 Å². The Morgan fingerprint density at radius 1 is 0.889 bits per heavy atom. The van der Waals surface area contributed by atoms with Crippen LogP contribution in [0.1, 0.15) is 18.2 Å². The summed E-state index contributed by atoms with van der Waals surface area (Å²) < 4.78 is 11.1. The fourth-order valence-electron chi connectivity index (χ4n) is 2.72. The lowest BCUT2D eigenvalue weighted by atomic mass is 10.2. The number of hydrogen-bond donors (Lipinski definition) is 2. The molecule has 0 amide bonds. The van der Waals surface area contributed by atoms with Crippen molar-refractivity contribution in [2.24, 2.45) is 0 Å². The number of aryl methyl sites for hydroxylation is 2. The molecule has 1 heterocycles. The van der Waals surface area contributed by atoms with Crippen molar-refractivity contribution in [3.8, 4) is 11.5 Å². The van der Waals surface area contributed by atoms with E-state index in [2.05, 4.69) is 20.6 Å². The number of aromatic nitrogens is 2. The maximum atomic E-state index is 5.66. The molecule has 6 heteroatoms. The zero-order valence-corrected chi connectivity index (χ0v) is 16.0. The SMILES string of the molecule is CCOc1ccccc1Nc1nc(C)cc(Nc2cc(C)ccc2OC)n1. The summed E-state index contributed by atoms with van der Waals surface area (Å²) in [4.78, 5) is 9.07. The highest BCUT2D eigenvalue weighted by atomic mass is 16.5. The Bertz CT molecular complexity index is 928. The number of anilines is 4. The van der Waals surface area contributed by atoms with Crippen molar-refractivity contribution in [3.05, 3.63) is 59.8 Å². The van der Waals surface area contributed by atoms with Crippen LogP contribution in [-0.2, 0) is 0 Å². The maximum absolute atomic E-state index is 5.66. The minimum Gasteiger partial charge on any atom is -0.495 e. The number of benzene rings is 2. The lowest BCUT2D eigenvalue weighted by molar-refractivity contribution is 0.342. The van der Waals surface area contributed by atoms with Gasteiger partial charge in [0.1, 0.15) is 17.3 Å². The van der Waals surface area contributed by atoms with Crippen LogP contribution in [0.5, 0.6) is 11.5 Å². The van der Waals surface area contributed by atoms with Gasteiger partial charge < -0.3 is 20.1 Å². The van der Waals surface area contributed by atoms with Crippen molar-refractivity contribution in [1.29, 1.82) is 0 Å². The minimum atomic E-state index is 0.497. The zero-order valence-electron chi connectivity index (χ0n) is 16.0. The summed E-state index contributed by atoms with van der Waals surface area (Å²) in [6.07, 6.45) is 0. The van der Waals surface area contributed by atoms with Crippen molar-refractivity contribution in [3.63, 3.8) is 0 Å². The van der Waals surface area contributed by atoms with Gasteiger partial charge in [-0.3, -0.25) is 0 Å². The minimum absolute atomic E-state index is 0.497. The Kier molecular flexibility index (Phi) is 5.76. The van der Waals surface area contributed by atoms with E-state index in [0.717, 1.165) is 34.1 Å². The highest BCUT2D eigenvalue weighted by Crippen LogP contribution is 2.30. The van der Waals surface area contributed by atoms with Gasteiger partial charge in [0.2, 0.25) is 5.95 Å². The monoisotopic (exact) mass is 364 g/mol. The first kappa shape index (κ1) is 18.5. The second-order valence-corrected chi connectivity index (χ2v) is 6.10. The molecule has 0 aliphatic rings. The number of para-hydroxylation sites is 2. The van der Waals surface area contributed by atoms with Crippen molar-refractivity contribution in [2.75, 3.05) is 24.4 Å². The highest BCUT2D eigenvalue weighted by molar-refractivity contribution is 5.67. The third-order valence-electron chi connectivity index (χ3n) is 3.91. The Balaban J connectivity index is 1.88. The van der Waals surface area contributed by atoms with E-state index in [9.17, 15) is 0 Å². The molecule has 0 spiro atoms. The second-order valence-electron chi connectivity index (χ2n) is 6.10. The second kappa shape index (κ2) is 8.40. The predicted molar refractivity (Wildman–Crippen MR) is 109 cm³/mol. The van der Waals surface area contributed by atoms with Gasteiger partial charge in [0.25, 0.3) is 0 Å². The summed E-state index contributed by atoms with van der Waals surface area (Å²) in [5.74, 6) is 2.70. The molecule has 0 saturated carbocycles. The van der Waals surface area contributed by atoms with Crippen LogP contribution >= 0.6 is 0 Å². The van der Waals surface area contributed by atoms with Gasteiger partial charge >= 0.3 is 0 Å². The third kappa shape index (κ3) is 4.67. The molecule has 2 N–H and O–H groups in total. The van der Waals surface area contributed by atoms with Crippen LogP contribution in [-0.4, -0.2) is 23.7 Å². The van der Waals surface area contributed by atoms with E-state index in [1.165, 1.54) is 0 Å². The van der Waals surface area contributed by atoms with E-state index >= 15 is 0 Å². The van der Waals surface area contributed by atoms with Crippen molar-refractivity contribution in [2.45, 2.75) is 20.8 Å². The number of nitrogens with zero attached hydrogens (tertiary/aromatic N) is 2. The summed E-state index contributed by atoms with van der Waals surface area (Å²) in [7, 11) is 1.65. The molecule has 0 unspecified atom stereocenters. The first-order valence-electron chi connectivity index (χ1n) is 8.85.